The second-order valence-electron chi connectivity index (χ2n) is 4.43. The number of nitrogens with zero attached hydrogens (tertiary/aromatic N) is 1. The third-order valence-corrected chi connectivity index (χ3v) is 3.59. The van der Waals surface area contributed by atoms with Crippen LogP contribution in [-0.4, -0.2) is 49.1 Å². The van der Waals surface area contributed by atoms with Gasteiger partial charge in [-0.2, -0.15) is 0 Å². The molecular weight excluding hydrogens is 208 g/mol. The molecule has 5 heteroatoms. The summed E-state index contributed by atoms with van der Waals surface area (Å²) in [6, 6.07) is 0. The monoisotopic (exact) mass is 222 g/mol. The maximum Gasteiger partial charge on any atom is 0.236 e. The molecule has 3 rings (SSSR count). The minimum Gasteiger partial charge on any atom is -0.365 e. The van der Waals surface area contributed by atoms with Gasteiger partial charge in [0.2, 0.25) is 11.8 Å². The van der Waals surface area contributed by atoms with Crippen LogP contribution in [0.1, 0.15) is 0 Å². The van der Waals surface area contributed by atoms with Crippen molar-refractivity contribution >= 4 is 11.8 Å². The van der Waals surface area contributed by atoms with Gasteiger partial charge in [-0.1, -0.05) is 12.2 Å². The number of hydrogen-bond acceptors (Lipinski definition) is 4. The van der Waals surface area contributed by atoms with Crippen molar-refractivity contribution in [3.05, 3.63) is 12.2 Å². The highest BCUT2D eigenvalue weighted by Gasteiger charge is 2.60. The second-order valence-corrected chi connectivity index (χ2v) is 4.43. The molecule has 0 aromatic rings. The molecule has 0 aliphatic carbocycles. The number of rotatable bonds is 3. The lowest BCUT2D eigenvalue weighted by atomic mass is 9.85. The number of imide groups is 1. The van der Waals surface area contributed by atoms with Gasteiger partial charge in [0.15, 0.2) is 0 Å². The zero-order valence-corrected chi connectivity index (χ0v) is 9.05. The van der Waals surface area contributed by atoms with Crippen molar-refractivity contribution in [2.45, 2.75) is 12.2 Å². The Balaban J connectivity index is 1.83. The van der Waals surface area contributed by atoms with Crippen molar-refractivity contribution in [3.8, 4) is 0 Å². The van der Waals surface area contributed by atoms with Crippen LogP contribution in [0.25, 0.3) is 0 Å². The third kappa shape index (κ3) is 1.13. The number of ether oxygens (including phenoxy) is 1. The van der Waals surface area contributed by atoms with Crippen LogP contribution in [0.5, 0.6) is 0 Å². The van der Waals surface area contributed by atoms with Crippen LogP contribution in [-0.2, 0) is 14.3 Å². The number of likely N-dealkylation sites (N-methyl/N-ethyl adjacent to an activating group) is 1. The van der Waals surface area contributed by atoms with Crippen LogP contribution in [0.15, 0.2) is 12.2 Å². The normalized spacial score (nSPS) is 39.9. The zero-order valence-electron chi connectivity index (χ0n) is 9.05. The summed E-state index contributed by atoms with van der Waals surface area (Å²) < 4.78 is 5.54. The number of amides is 2. The molecule has 16 heavy (non-hydrogen) atoms. The van der Waals surface area contributed by atoms with Gasteiger partial charge in [0, 0.05) is 13.1 Å². The van der Waals surface area contributed by atoms with E-state index in [-0.39, 0.29) is 35.9 Å². The number of hydrogen-bond donors (Lipinski definition) is 1. The Labute approximate surface area is 93.4 Å². The molecule has 0 unspecified atom stereocenters. The molecule has 0 aromatic carbocycles. The highest BCUT2D eigenvalue weighted by molar-refractivity contribution is 6.06. The molecule has 86 valence electrons. The molecule has 2 amide bonds. The lowest BCUT2D eigenvalue weighted by Gasteiger charge is -2.16. The largest absolute Gasteiger partial charge is 0.365 e. The molecule has 2 saturated heterocycles. The average Bonchev–Trinajstić information content (AvgIpc) is 2.92. The van der Waals surface area contributed by atoms with E-state index >= 15 is 0 Å². The first kappa shape index (κ1) is 9.99. The van der Waals surface area contributed by atoms with Crippen molar-refractivity contribution in [2.24, 2.45) is 11.8 Å². The smallest absolute Gasteiger partial charge is 0.236 e. The van der Waals surface area contributed by atoms with E-state index in [1.165, 1.54) is 4.90 Å². The molecular formula is C11H14N2O3. The lowest BCUT2D eigenvalue weighted by Crippen LogP contribution is -2.38. The van der Waals surface area contributed by atoms with Crippen LogP contribution in [0, 0.1) is 11.8 Å². The SMILES string of the molecule is CNCCN1C(=O)[C@@H]2[C@H](C1=O)[C@H]1C=C[C@@H]2O1. The van der Waals surface area contributed by atoms with Crippen LogP contribution in [0.4, 0.5) is 0 Å². The van der Waals surface area contributed by atoms with E-state index in [2.05, 4.69) is 5.32 Å². The van der Waals surface area contributed by atoms with Crippen molar-refractivity contribution in [3.63, 3.8) is 0 Å². The Morgan fingerprint density at radius 3 is 2.31 bits per heavy atom. The summed E-state index contributed by atoms with van der Waals surface area (Å²) in [5, 5.41) is 2.95. The zero-order chi connectivity index (χ0) is 11.3. The Morgan fingerprint density at radius 2 is 1.81 bits per heavy atom. The highest BCUT2D eigenvalue weighted by Crippen LogP contribution is 2.44. The van der Waals surface area contributed by atoms with Gasteiger partial charge in [-0.05, 0) is 7.05 Å². The minimum absolute atomic E-state index is 0.0675. The van der Waals surface area contributed by atoms with Crippen molar-refractivity contribution in [2.75, 3.05) is 20.1 Å². The Hall–Kier alpha value is -1.20. The minimum atomic E-state index is -0.264. The van der Waals surface area contributed by atoms with Gasteiger partial charge in [-0.25, -0.2) is 0 Å². The molecule has 0 aromatic heterocycles. The number of likely N-dealkylation sites (tertiary alicyclic amines) is 1. The molecule has 2 bridgehead atoms. The molecule has 5 nitrogen and oxygen atoms in total. The standard InChI is InChI=1S/C11H14N2O3/c1-12-4-5-13-10(14)8-6-2-3-7(16-6)9(8)11(13)15/h2-3,6-9,12H,4-5H2,1H3/t6-,7+,8-,9+. The Morgan fingerprint density at radius 1 is 1.25 bits per heavy atom. The first-order valence-corrected chi connectivity index (χ1v) is 5.57. The first-order chi connectivity index (χ1) is 7.74. The summed E-state index contributed by atoms with van der Waals surface area (Å²) in [7, 11) is 1.81. The van der Waals surface area contributed by atoms with Crippen LogP contribution in [0.3, 0.4) is 0 Å². The fourth-order valence-corrected chi connectivity index (χ4v) is 2.81. The fourth-order valence-electron chi connectivity index (χ4n) is 2.81. The van der Waals surface area contributed by atoms with E-state index in [9.17, 15) is 9.59 Å². The average molecular weight is 222 g/mol. The molecule has 3 heterocycles. The summed E-state index contributed by atoms with van der Waals surface area (Å²) in [6.45, 7) is 1.10. The molecule has 3 aliphatic heterocycles. The van der Waals surface area contributed by atoms with Gasteiger partial charge in [0.25, 0.3) is 0 Å². The summed E-state index contributed by atoms with van der Waals surface area (Å²) in [6.07, 6.45) is 3.45. The molecule has 1 N–H and O–H groups in total. The Bertz CT molecular complexity index is 349. The van der Waals surface area contributed by atoms with Crippen LogP contribution < -0.4 is 5.32 Å². The predicted molar refractivity (Wildman–Crippen MR) is 55.4 cm³/mol. The molecule has 2 fully saturated rings. The van der Waals surface area contributed by atoms with Crippen LogP contribution in [0.2, 0.25) is 0 Å². The number of fused-ring (bicyclic) bond motifs is 5. The van der Waals surface area contributed by atoms with Gasteiger partial charge < -0.3 is 10.1 Å². The van der Waals surface area contributed by atoms with Crippen LogP contribution >= 0.6 is 0 Å². The maximum atomic E-state index is 12.1. The lowest BCUT2D eigenvalue weighted by molar-refractivity contribution is -0.142. The van der Waals surface area contributed by atoms with Gasteiger partial charge in [-0.3, -0.25) is 14.5 Å². The second kappa shape index (κ2) is 3.40. The summed E-state index contributed by atoms with van der Waals surface area (Å²) in [5.74, 6) is -0.664. The highest BCUT2D eigenvalue weighted by atomic mass is 16.5. The van der Waals surface area contributed by atoms with E-state index in [1.807, 2.05) is 12.2 Å². The number of nitrogens with one attached hydrogen (secondary N) is 1. The van der Waals surface area contributed by atoms with Crippen molar-refractivity contribution in [1.29, 1.82) is 0 Å². The van der Waals surface area contributed by atoms with E-state index in [0.29, 0.717) is 13.1 Å². The van der Waals surface area contributed by atoms with E-state index in [0.717, 1.165) is 0 Å². The summed E-state index contributed by atoms with van der Waals surface area (Å²) >= 11 is 0. The third-order valence-electron chi connectivity index (χ3n) is 3.59. The van der Waals surface area contributed by atoms with E-state index < -0.39 is 0 Å². The topological polar surface area (TPSA) is 58.6 Å². The molecule has 3 aliphatic rings. The molecule has 0 radical (unpaired) electrons. The first-order valence-electron chi connectivity index (χ1n) is 5.57. The van der Waals surface area contributed by atoms with E-state index in [4.69, 9.17) is 4.74 Å². The molecule has 0 spiro atoms. The quantitative estimate of drug-likeness (QED) is 0.499. The molecule has 0 saturated carbocycles. The van der Waals surface area contributed by atoms with Crippen molar-refractivity contribution < 1.29 is 14.3 Å². The Kier molecular flexibility index (Phi) is 2.12. The van der Waals surface area contributed by atoms with Gasteiger partial charge in [-0.15, -0.1) is 0 Å². The maximum absolute atomic E-state index is 12.1. The summed E-state index contributed by atoms with van der Waals surface area (Å²) in [4.78, 5) is 25.5. The predicted octanol–water partition coefficient (Wildman–Crippen LogP) is -0.856. The number of carbonyl (C=O) groups excluding carboxylic acids is 2. The van der Waals surface area contributed by atoms with Crippen molar-refractivity contribution in [1.82, 2.24) is 10.2 Å². The van der Waals surface area contributed by atoms with E-state index in [1.54, 1.807) is 7.05 Å². The molecule has 4 atom stereocenters. The fraction of sp³-hybridized carbons (Fsp3) is 0.636. The number of carbonyl (C=O) groups is 2. The van der Waals surface area contributed by atoms with Gasteiger partial charge in [0.1, 0.15) is 0 Å². The van der Waals surface area contributed by atoms with Gasteiger partial charge >= 0.3 is 0 Å². The van der Waals surface area contributed by atoms with Gasteiger partial charge in [0.05, 0.1) is 24.0 Å². The summed E-state index contributed by atoms with van der Waals surface area (Å²) in [5.41, 5.74) is 0.